The molecule has 80 valence electrons. The van der Waals surface area contributed by atoms with Gasteiger partial charge in [-0.05, 0) is 18.1 Å². The van der Waals surface area contributed by atoms with E-state index in [0.29, 0.717) is 11.1 Å². The minimum absolute atomic E-state index is 0.513. The van der Waals surface area contributed by atoms with Crippen LogP contribution in [0.25, 0.3) is 0 Å². The minimum Gasteiger partial charge on any atom is -0.370 e. The highest BCUT2D eigenvalue weighted by atomic mass is 35.5. The van der Waals surface area contributed by atoms with Gasteiger partial charge in [-0.15, -0.1) is 0 Å². The molecule has 0 saturated carbocycles. The molecule has 2 rings (SSSR count). The van der Waals surface area contributed by atoms with E-state index in [1.807, 2.05) is 6.07 Å². The van der Waals surface area contributed by atoms with Gasteiger partial charge in [0.05, 0.1) is 0 Å². The Morgan fingerprint density at radius 3 is 3.00 bits per heavy atom. The highest BCUT2D eigenvalue weighted by Gasteiger charge is 2.12. The quantitative estimate of drug-likeness (QED) is 0.770. The van der Waals surface area contributed by atoms with Gasteiger partial charge in [0.15, 0.2) is 5.96 Å². The Balaban J connectivity index is 2.05. The number of halogens is 1. The lowest BCUT2D eigenvalue weighted by Crippen LogP contribution is -2.40. The van der Waals surface area contributed by atoms with Crippen LogP contribution in [0.2, 0.25) is 5.15 Å². The fraction of sp³-hybridized carbons (Fsp3) is 0.400. The number of pyridine rings is 1. The molecule has 4 nitrogen and oxygen atoms in total. The summed E-state index contributed by atoms with van der Waals surface area (Å²) in [6, 6.07) is 3.74. The molecule has 0 fully saturated rings. The zero-order valence-electron chi connectivity index (χ0n) is 8.36. The summed E-state index contributed by atoms with van der Waals surface area (Å²) in [6.45, 7) is 2.54. The van der Waals surface area contributed by atoms with Crippen molar-refractivity contribution in [1.82, 2.24) is 9.88 Å². The molecule has 0 bridgehead atoms. The third-order valence-electron chi connectivity index (χ3n) is 2.35. The van der Waals surface area contributed by atoms with Crippen molar-refractivity contribution in [3.63, 3.8) is 0 Å². The van der Waals surface area contributed by atoms with E-state index >= 15 is 0 Å². The smallest absolute Gasteiger partial charge is 0.191 e. The lowest BCUT2D eigenvalue weighted by molar-refractivity contribution is 0.383. The van der Waals surface area contributed by atoms with Crippen LogP contribution in [0.4, 0.5) is 0 Å². The Labute approximate surface area is 93.8 Å². The van der Waals surface area contributed by atoms with Crippen LogP contribution >= 0.6 is 11.6 Å². The van der Waals surface area contributed by atoms with Crippen LogP contribution in [-0.2, 0) is 6.54 Å². The fourth-order valence-electron chi connectivity index (χ4n) is 1.55. The SMILES string of the molecule is NC1=NCCCN1Cc1ccc(Cl)nc1. The number of aromatic nitrogens is 1. The minimum atomic E-state index is 0.513. The fourth-order valence-corrected chi connectivity index (χ4v) is 1.66. The molecule has 0 amide bonds. The van der Waals surface area contributed by atoms with Crippen molar-refractivity contribution in [1.29, 1.82) is 0 Å². The van der Waals surface area contributed by atoms with E-state index in [0.717, 1.165) is 31.6 Å². The molecule has 0 saturated heterocycles. The summed E-state index contributed by atoms with van der Waals surface area (Å²) in [5, 5.41) is 0.513. The third-order valence-corrected chi connectivity index (χ3v) is 2.57. The molecule has 1 aromatic rings. The van der Waals surface area contributed by atoms with Gasteiger partial charge in [0.1, 0.15) is 5.15 Å². The Morgan fingerprint density at radius 1 is 1.47 bits per heavy atom. The summed E-state index contributed by atoms with van der Waals surface area (Å²) in [5.74, 6) is 0.621. The van der Waals surface area contributed by atoms with Crippen molar-refractivity contribution in [3.05, 3.63) is 29.0 Å². The summed E-state index contributed by atoms with van der Waals surface area (Å²) >= 11 is 5.71. The molecule has 0 aliphatic carbocycles. The summed E-state index contributed by atoms with van der Waals surface area (Å²) < 4.78 is 0. The maximum absolute atomic E-state index is 5.79. The Kier molecular flexibility index (Phi) is 3.06. The molecule has 1 aromatic heterocycles. The topological polar surface area (TPSA) is 54.5 Å². The van der Waals surface area contributed by atoms with Gasteiger partial charge in [-0.25, -0.2) is 4.98 Å². The number of guanidine groups is 1. The molecular weight excluding hydrogens is 212 g/mol. The lowest BCUT2D eigenvalue weighted by atomic mass is 10.2. The van der Waals surface area contributed by atoms with Crippen molar-refractivity contribution in [2.45, 2.75) is 13.0 Å². The van der Waals surface area contributed by atoms with Crippen LogP contribution in [0.1, 0.15) is 12.0 Å². The van der Waals surface area contributed by atoms with Crippen LogP contribution in [-0.4, -0.2) is 28.9 Å². The maximum Gasteiger partial charge on any atom is 0.191 e. The van der Waals surface area contributed by atoms with Crippen molar-refractivity contribution >= 4 is 17.6 Å². The molecule has 2 N–H and O–H groups in total. The van der Waals surface area contributed by atoms with E-state index in [4.69, 9.17) is 17.3 Å². The first kappa shape index (κ1) is 10.2. The van der Waals surface area contributed by atoms with Crippen LogP contribution in [0.15, 0.2) is 23.3 Å². The zero-order chi connectivity index (χ0) is 10.7. The third kappa shape index (κ3) is 2.59. The molecule has 2 heterocycles. The standard InChI is InChI=1S/C10H13ClN4/c11-9-3-2-8(6-14-9)7-15-5-1-4-13-10(15)12/h2-3,6H,1,4-5,7H2,(H2,12,13). The van der Waals surface area contributed by atoms with Gasteiger partial charge in [0.25, 0.3) is 0 Å². The van der Waals surface area contributed by atoms with E-state index in [1.165, 1.54) is 0 Å². The molecule has 0 spiro atoms. The highest BCUT2D eigenvalue weighted by molar-refractivity contribution is 6.29. The second-order valence-corrected chi connectivity index (χ2v) is 3.89. The second-order valence-electron chi connectivity index (χ2n) is 3.50. The van der Waals surface area contributed by atoms with Gasteiger partial charge >= 0.3 is 0 Å². The van der Waals surface area contributed by atoms with Gasteiger partial charge in [-0.3, -0.25) is 4.99 Å². The number of nitrogens with two attached hydrogens (primary N) is 1. The molecule has 15 heavy (non-hydrogen) atoms. The molecule has 0 aromatic carbocycles. The summed E-state index contributed by atoms with van der Waals surface area (Å²) in [5.41, 5.74) is 6.88. The zero-order valence-corrected chi connectivity index (χ0v) is 9.11. The number of nitrogens with zero attached hydrogens (tertiary/aromatic N) is 3. The van der Waals surface area contributed by atoms with Gasteiger partial charge in [0, 0.05) is 25.8 Å². The van der Waals surface area contributed by atoms with Crippen LogP contribution in [0, 0.1) is 0 Å². The molecule has 0 atom stereocenters. The number of hydrogen-bond donors (Lipinski definition) is 1. The van der Waals surface area contributed by atoms with Crippen LogP contribution in [0.3, 0.4) is 0 Å². The first-order valence-corrected chi connectivity index (χ1v) is 5.29. The first-order chi connectivity index (χ1) is 7.25. The maximum atomic E-state index is 5.79. The van der Waals surface area contributed by atoms with E-state index in [1.54, 1.807) is 12.3 Å². The lowest BCUT2D eigenvalue weighted by Gasteiger charge is -2.26. The largest absolute Gasteiger partial charge is 0.370 e. The average Bonchev–Trinajstić information content (AvgIpc) is 2.25. The Bertz CT molecular complexity index is 360. The first-order valence-electron chi connectivity index (χ1n) is 4.91. The Hall–Kier alpha value is -1.29. The summed E-state index contributed by atoms with van der Waals surface area (Å²) in [6.07, 6.45) is 2.83. The van der Waals surface area contributed by atoms with Gasteiger partial charge < -0.3 is 10.6 Å². The van der Waals surface area contributed by atoms with E-state index < -0.39 is 0 Å². The van der Waals surface area contributed by atoms with Gasteiger partial charge in [0.2, 0.25) is 0 Å². The van der Waals surface area contributed by atoms with Crippen LogP contribution in [0.5, 0.6) is 0 Å². The normalized spacial score (nSPS) is 16.3. The summed E-state index contributed by atoms with van der Waals surface area (Å²) in [7, 11) is 0. The van der Waals surface area contributed by atoms with Crippen LogP contribution < -0.4 is 5.73 Å². The number of rotatable bonds is 2. The highest BCUT2D eigenvalue weighted by Crippen LogP contribution is 2.09. The Morgan fingerprint density at radius 2 is 2.33 bits per heavy atom. The van der Waals surface area contributed by atoms with Crippen molar-refractivity contribution < 1.29 is 0 Å². The number of hydrogen-bond acceptors (Lipinski definition) is 4. The molecule has 1 aliphatic heterocycles. The predicted octanol–water partition coefficient (Wildman–Crippen LogP) is 1.26. The van der Waals surface area contributed by atoms with E-state index in [9.17, 15) is 0 Å². The van der Waals surface area contributed by atoms with Gasteiger partial charge in [-0.1, -0.05) is 17.7 Å². The predicted molar refractivity (Wildman–Crippen MR) is 60.8 cm³/mol. The van der Waals surface area contributed by atoms with Crippen molar-refractivity contribution in [2.75, 3.05) is 13.1 Å². The average molecular weight is 225 g/mol. The van der Waals surface area contributed by atoms with Gasteiger partial charge in [-0.2, -0.15) is 0 Å². The second kappa shape index (κ2) is 4.49. The van der Waals surface area contributed by atoms with E-state index in [-0.39, 0.29) is 0 Å². The monoisotopic (exact) mass is 224 g/mol. The van der Waals surface area contributed by atoms with E-state index in [2.05, 4.69) is 14.9 Å². The summed E-state index contributed by atoms with van der Waals surface area (Å²) in [4.78, 5) is 10.3. The molecular formula is C10H13ClN4. The van der Waals surface area contributed by atoms with Crippen molar-refractivity contribution in [2.24, 2.45) is 10.7 Å². The molecule has 1 aliphatic rings. The number of aliphatic imine (C=N–C) groups is 1. The molecule has 0 radical (unpaired) electrons. The molecule has 0 unspecified atom stereocenters. The van der Waals surface area contributed by atoms with Crippen molar-refractivity contribution in [3.8, 4) is 0 Å². The molecule has 5 heteroatoms.